The Bertz CT molecular complexity index is 1550. The number of benzene rings is 4. The zero-order chi connectivity index (χ0) is 29.7. The van der Waals surface area contributed by atoms with Crippen LogP contribution in [-0.2, 0) is 19.5 Å². The quantitative estimate of drug-likeness (QED) is 0.128. The molecule has 4 aromatic carbocycles. The van der Waals surface area contributed by atoms with Crippen LogP contribution in [0.3, 0.4) is 0 Å². The lowest BCUT2D eigenvalue weighted by molar-refractivity contribution is 0.195. The van der Waals surface area contributed by atoms with E-state index in [9.17, 15) is 4.79 Å². The van der Waals surface area contributed by atoms with Gasteiger partial charge in [0.2, 0.25) is 5.95 Å². The maximum absolute atomic E-state index is 13.6. The van der Waals surface area contributed by atoms with Crippen LogP contribution < -0.4 is 16.0 Å². The van der Waals surface area contributed by atoms with Crippen molar-refractivity contribution in [2.24, 2.45) is 0 Å². The van der Waals surface area contributed by atoms with Gasteiger partial charge < -0.3 is 20.9 Å². The molecule has 0 saturated carbocycles. The van der Waals surface area contributed by atoms with Crippen molar-refractivity contribution in [3.8, 4) is 0 Å². The molecule has 0 bridgehead atoms. The first-order chi connectivity index (χ1) is 21.2. The van der Waals surface area contributed by atoms with E-state index in [2.05, 4.69) is 112 Å². The highest BCUT2D eigenvalue weighted by molar-refractivity contribution is 5.86. The van der Waals surface area contributed by atoms with E-state index in [4.69, 9.17) is 0 Å². The number of hydrogen-bond acceptors (Lipinski definition) is 5. The Morgan fingerprint density at radius 2 is 1.42 bits per heavy atom. The summed E-state index contributed by atoms with van der Waals surface area (Å²) in [6.07, 6.45) is 4.99. The van der Waals surface area contributed by atoms with Gasteiger partial charge in [-0.15, -0.1) is 0 Å². The Morgan fingerprint density at radius 1 is 0.744 bits per heavy atom. The zero-order valence-electron chi connectivity index (χ0n) is 24.7. The summed E-state index contributed by atoms with van der Waals surface area (Å²) in [7, 11) is 0. The largest absolute Gasteiger partial charge is 0.354 e. The van der Waals surface area contributed by atoms with E-state index in [-0.39, 0.29) is 12.1 Å². The van der Waals surface area contributed by atoms with Crippen LogP contribution in [0.25, 0.3) is 10.8 Å². The second kappa shape index (κ2) is 15.5. The number of carbonyl (C=O) groups is 1. The molecule has 0 aliphatic heterocycles. The van der Waals surface area contributed by atoms with Crippen LogP contribution >= 0.6 is 0 Å². The molecule has 1 heterocycles. The van der Waals surface area contributed by atoms with Gasteiger partial charge in [-0.1, -0.05) is 97.1 Å². The lowest BCUT2D eigenvalue weighted by Crippen LogP contribution is -2.43. The molecule has 0 radical (unpaired) electrons. The molecule has 7 nitrogen and oxygen atoms in total. The molecule has 0 fully saturated rings. The van der Waals surface area contributed by atoms with Crippen molar-refractivity contribution in [3.63, 3.8) is 0 Å². The predicted molar refractivity (Wildman–Crippen MR) is 175 cm³/mol. The summed E-state index contributed by atoms with van der Waals surface area (Å²) in [6.45, 7) is 5.63. The maximum atomic E-state index is 13.6. The molecule has 1 atom stereocenters. The molecule has 2 amide bonds. The first kappa shape index (κ1) is 29.7. The molecule has 5 rings (SSSR count). The van der Waals surface area contributed by atoms with Crippen molar-refractivity contribution in [2.45, 2.75) is 38.9 Å². The molecule has 0 aliphatic rings. The van der Waals surface area contributed by atoms with Crippen LogP contribution in [0.4, 0.5) is 10.7 Å². The zero-order valence-corrected chi connectivity index (χ0v) is 24.7. The van der Waals surface area contributed by atoms with E-state index < -0.39 is 0 Å². The lowest BCUT2D eigenvalue weighted by atomic mass is 10.00. The standard InChI is InChI=1S/C36H40N6O/c1-28(33-15-7-13-32-12-5-6-14-34(32)33)41-36(43)42(24-9-23-40-35-38-21-8-22-39-35)25-20-29-16-18-31(19-17-29)27-37-26-30-10-3-2-4-11-30/h2-8,10-19,21-22,28,37H,9,20,23-27H2,1H3,(H,41,43)(H,38,39,40). The topological polar surface area (TPSA) is 82.2 Å². The molecule has 0 saturated heterocycles. The summed E-state index contributed by atoms with van der Waals surface area (Å²) in [5.41, 5.74) is 4.85. The van der Waals surface area contributed by atoms with Crippen LogP contribution in [-0.4, -0.2) is 40.5 Å². The third-order valence-corrected chi connectivity index (χ3v) is 7.57. The fourth-order valence-corrected chi connectivity index (χ4v) is 5.19. The number of anilines is 1. The van der Waals surface area contributed by atoms with E-state index in [0.717, 1.165) is 36.9 Å². The summed E-state index contributed by atoms with van der Waals surface area (Å²) < 4.78 is 0. The predicted octanol–water partition coefficient (Wildman–Crippen LogP) is 6.74. The number of aromatic nitrogens is 2. The molecule has 5 aromatic rings. The minimum absolute atomic E-state index is 0.0573. The molecule has 220 valence electrons. The first-order valence-corrected chi connectivity index (χ1v) is 15.0. The van der Waals surface area contributed by atoms with Gasteiger partial charge in [0.1, 0.15) is 0 Å². The highest BCUT2D eigenvalue weighted by atomic mass is 16.2. The molecule has 1 aromatic heterocycles. The third kappa shape index (κ3) is 8.87. The monoisotopic (exact) mass is 572 g/mol. The van der Waals surface area contributed by atoms with Crippen molar-refractivity contribution in [1.82, 2.24) is 25.5 Å². The summed E-state index contributed by atoms with van der Waals surface area (Å²) in [5.74, 6) is 0.599. The number of urea groups is 1. The molecular weight excluding hydrogens is 532 g/mol. The minimum atomic E-state index is -0.125. The van der Waals surface area contributed by atoms with E-state index in [1.165, 1.54) is 22.1 Å². The fraction of sp³-hybridized carbons (Fsp3) is 0.250. The van der Waals surface area contributed by atoms with Gasteiger partial charge in [-0.3, -0.25) is 0 Å². The van der Waals surface area contributed by atoms with Gasteiger partial charge in [-0.05, 0) is 58.9 Å². The average molecular weight is 573 g/mol. The van der Waals surface area contributed by atoms with Crippen molar-refractivity contribution >= 4 is 22.8 Å². The van der Waals surface area contributed by atoms with Gasteiger partial charge in [-0.25, -0.2) is 14.8 Å². The highest BCUT2D eigenvalue weighted by Gasteiger charge is 2.18. The summed E-state index contributed by atoms with van der Waals surface area (Å²) >= 11 is 0. The van der Waals surface area contributed by atoms with Crippen LogP contribution in [0.2, 0.25) is 0 Å². The van der Waals surface area contributed by atoms with Crippen molar-refractivity contribution < 1.29 is 4.79 Å². The highest BCUT2D eigenvalue weighted by Crippen LogP contribution is 2.24. The molecule has 0 spiro atoms. The van der Waals surface area contributed by atoms with E-state index in [0.29, 0.717) is 25.6 Å². The number of carbonyl (C=O) groups excluding carboxylic acids is 1. The smallest absolute Gasteiger partial charge is 0.317 e. The molecule has 0 aliphatic carbocycles. The third-order valence-electron chi connectivity index (χ3n) is 7.57. The van der Waals surface area contributed by atoms with E-state index in [1.807, 2.05) is 23.1 Å². The van der Waals surface area contributed by atoms with Gasteiger partial charge in [-0.2, -0.15) is 0 Å². The molecule has 1 unspecified atom stereocenters. The van der Waals surface area contributed by atoms with Crippen molar-refractivity contribution in [1.29, 1.82) is 0 Å². The minimum Gasteiger partial charge on any atom is -0.354 e. The molecule has 3 N–H and O–H groups in total. The molecule has 7 heteroatoms. The summed E-state index contributed by atoms with van der Waals surface area (Å²) in [6, 6.07) is 35.3. The summed E-state index contributed by atoms with van der Waals surface area (Å²) in [4.78, 5) is 24.0. The Hall–Kier alpha value is -4.75. The number of fused-ring (bicyclic) bond motifs is 1. The van der Waals surface area contributed by atoms with Gasteiger partial charge in [0.05, 0.1) is 6.04 Å². The average Bonchev–Trinajstić information content (AvgIpc) is 3.05. The Balaban J connectivity index is 1.18. The molecular formula is C36H40N6O. The van der Waals surface area contributed by atoms with Crippen LogP contribution in [0.15, 0.2) is 116 Å². The maximum Gasteiger partial charge on any atom is 0.317 e. The number of amides is 2. The molecule has 43 heavy (non-hydrogen) atoms. The van der Waals surface area contributed by atoms with Crippen LogP contribution in [0, 0.1) is 0 Å². The lowest BCUT2D eigenvalue weighted by Gasteiger charge is -2.26. The van der Waals surface area contributed by atoms with Gasteiger partial charge in [0, 0.05) is 45.1 Å². The van der Waals surface area contributed by atoms with Gasteiger partial charge in [0.25, 0.3) is 0 Å². The van der Waals surface area contributed by atoms with Crippen LogP contribution in [0.5, 0.6) is 0 Å². The summed E-state index contributed by atoms with van der Waals surface area (Å²) in [5, 5.41) is 12.4. The van der Waals surface area contributed by atoms with Crippen molar-refractivity contribution in [2.75, 3.05) is 25.0 Å². The second-order valence-electron chi connectivity index (χ2n) is 10.7. The normalized spacial score (nSPS) is 11.7. The number of rotatable bonds is 14. The number of nitrogens with one attached hydrogen (secondary N) is 3. The van der Waals surface area contributed by atoms with Crippen LogP contribution in [0.1, 0.15) is 41.6 Å². The fourth-order valence-electron chi connectivity index (χ4n) is 5.19. The first-order valence-electron chi connectivity index (χ1n) is 15.0. The van der Waals surface area contributed by atoms with E-state index >= 15 is 0 Å². The number of nitrogens with zero attached hydrogens (tertiary/aromatic N) is 3. The Labute approximate surface area is 254 Å². The Morgan fingerprint density at radius 3 is 2.21 bits per heavy atom. The van der Waals surface area contributed by atoms with Gasteiger partial charge in [0.15, 0.2) is 0 Å². The van der Waals surface area contributed by atoms with E-state index in [1.54, 1.807) is 18.5 Å². The SMILES string of the molecule is CC(NC(=O)N(CCCNc1ncccn1)CCc1ccc(CNCc2ccccc2)cc1)c1cccc2ccccc12. The second-order valence-corrected chi connectivity index (χ2v) is 10.7. The van der Waals surface area contributed by atoms with Gasteiger partial charge >= 0.3 is 6.03 Å². The number of hydrogen-bond donors (Lipinski definition) is 3. The van der Waals surface area contributed by atoms with Crippen molar-refractivity contribution in [3.05, 3.63) is 138 Å². The Kier molecular flexibility index (Phi) is 10.7.